The van der Waals surface area contributed by atoms with E-state index in [1.54, 1.807) is 41.3 Å². The van der Waals surface area contributed by atoms with Gasteiger partial charge in [-0.05, 0) is 35.9 Å². The van der Waals surface area contributed by atoms with Gasteiger partial charge in [-0.1, -0.05) is 18.2 Å². The third-order valence-corrected chi connectivity index (χ3v) is 4.36. The number of rotatable bonds is 4. The van der Waals surface area contributed by atoms with Gasteiger partial charge in [0.05, 0.1) is 23.2 Å². The fraction of sp³-hybridized carbons (Fsp3) is 0.0500. The van der Waals surface area contributed by atoms with E-state index in [0.717, 1.165) is 16.5 Å². The second kappa shape index (κ2) is 6.48. The summed E-state index contributed by atoms with van der Waals surface area (Å²) in [5.41, 5.74) is 3.87. The molecule has 0 aliphatic rings. The van der Waals surface area contributed by atoms with Crippen molar-refractivity contribution < 1.29 is 4.74 Å². The maximum atomic E-state index is 8.86. The summed E-state index contributed by atoms with van der Waals surface area (Å²) in [6, 6.07) is 17.0. The monoisotopic (exact) mass is 367 g/mol. The number of aromatic amines is 1. The summed E-state index contributed by atoms with van der Waals surface area (Å²) in [7, 11) is 0. The summed E-state index contributed by atoms with van der Waals surface area (Å²) in [5.74, 6) is 1.32. The quantitative estimate of drug-likeness (QED) is 0.523. The molecule has 0 spiro atoms. The Morgan fingerprint density at radius 1 is 1.14 bits per heavy atom. The number of fused-ring (bicyclic) bond motifs is 3. The van der Waals surface area contributed by atoms with Crippen molar-refractivity contribution in [1.29, 1.82) is 5.26 Å². The third kappa shape index (κ3) is 2.81. The average Bonchev–Trinajstić information content (AvgIpc) is 3.39. The zero-order valence-corrected chi connectivity index (χ0v) is 14.6. The minimum Gasteiger partial charge on any atom is -0.489 e. The van der Waals surface area contributed by atoms with Crippen LogP contribution in [0.1, 0.15) is 11.1 Å². The lowest BCUT2D eigenvalue weighted by atomic mass is 10.1. The Labute approximate surface area is 159 Å². The van der Waals surface area contributed by atoms with Gasteiger partial charge in [0, 0.05) is 5.56 Å². The van der Waals surface area contributed by atoms with Gasteiger partial charge < -0.3 is 4.74 Å². The Bertz CT molecular complexity index is 1330. The molecule has 0 saturated carbocycles. The van der Waals surface area contributed by atoms with Gasteiger partial charge in [-0.15, -0.1) is 5.10 Å². The molecule has 2 aromatic carbocycles. The first-order chi connectivity index (χ1) is 13.8. The SMILES string of the molecule is N#Cc1ccc(OCc2cccc(-c3nc4c5cn[nH]c5ncn4n3)c2)cc1. The largest absolute Gasteiger partial charge is 0.489 e. The number of benzene rings is 2. The van der Waals surface area contributed by atoms with Gasteiger partial charge in [0.15, 0.2) is 17.1 Å². The van der Waals surface area contributed by atoms with Crippen LogP contribution < -0.4 is 4.74 Å². The van der Waals surface area contributed by atoms with Crippen LogP contribution in [0.25, 0.3) is 28.1 Å². The van der Waals surface area contributed by atoms with E-state index in [-0.39, 0.29) is 0 Å². The maximum absolute atomic E-state index is 8.86. The third-order valence-electron chi connectivity index (χ3n) is 4.36. The number of hydrogen-bond acceptors (Lipinski definition) is 6. The van der Waals surface area contributed by atoms with Crippen molar-refractivity contribution in [3.63, 3.8) is 0 Å². The second-order valence-electron chi connectivity index (χ2n) is 6.21. The molecule has 0 aliphatic heterocycles. The lowest BCUT2D eigenvalue weighted by molar-refractivity contribution is 0.306. The molecular weight excluding hydrogens is 354 g/mol. The van der Waals surface area contributed by atoms with Gasteiger partial charge in [-0.25, -0.2) is 14.5 Å². The van der Waals surface area contributed by atoms with Crippen LogP contribution >= 0.6 is 0 Å². The van der Waals surface area contributed by atoms with Crippen molar-refractivity contribution in [1.82, 2.24) is 29.8 Å². The van der Waals surface area contributed by atoms with Gasteiger partial charge in [-0.3, -0.25) is 5.10 Å². The molecule has 134 valence electrons. The summed E-state index contributed by atoms with van der Waals surface area (Å²) in [4.78, 5) is 8.91. The van der Waals surface area contributed by atoms with E-state index < -0.39 is 0 Å². The van der Waals surface area contributed by atoms with Crippen LogP contribution in [0.3, 0.4) is 0 Å². The Morgan fingerprint density at radius 2 is 2.04 bits per heavy atom. The molecule has 0 saturated heterocycles. The first kappa shape index (κ1) is 16.0. The lowest BCUT2D eigenvalue weighted by Gasteiger charge is -2.07. The van der Waals surface area contributed by atoms with Crippen LogP contribution in [0.5, 0.6) is 5.75 Å². The number of hydrogen-bond donors (Lipinski definition) is 1. The summed E-state index contributed by atoms with van der Waals surface area (Å²) in [6.07, 6.45) is 3.31. The first-order valence-corrected chi connectivity index (χ1v) is 8.57. The molecule has 5 rings (SSSR count). The highest BCUT2D eigenvalue weighted by atomic mass is 16.5. The fourth-order valence-corrected chi connectivity index (χ4v) is 2.96. The molecule has 5 aromatic rings. The van der Waals surface area contributed by atoms with Crippen LogP contribution in [0.15, 0.2) is 61.1 Å². The predicted molar refractivity (Wildman–Crippen MR) is 101 cm³/mol. The minimum atomic E-state index is 0.403. The minimum absolute atomic E-state index is 0.403. The molecule has 8 nitrogen and oxygen atoms in total. The molecule has 0 aliphatic carbocycles. The molecule has 0 radical (unpaired) electrons. The molecule has 0 fully saturated rings. The molecular formula is C20H13N7O. The van der Waals surface area contributed by atoms with Crippen LogP contribution in [0.4, 0.5) is 0 Å². The number of nitrogens with one attached hydrogen (secondary N) is 1. The zero-order valence-electron chi connectivity index (χ0n) is 14.6. The molecule has 3 aromatic heterocycles. The van der Waals surface area contributed by atoms with Crippen LogP contribution in [0.2, 0.25) is 0 Å². The number of H-pyrrole nitrogens is 1. The summed E-state index contributed by atoms with van der Waals surface area (Å²) in [6.45, 7) is 0.403. The fourth-order valence-electron chi connectivity index (χ4n) is 2.96. The van der Waals surface area contributed by atoms with E-state index in [1.807, 2.05) is 24.3 Å². The van der Waals surface area contributed by atoms with Crippen molar-refractivity contribution in [3.05, 3.63) is 72.2 Å². The molecule has 0 amide bonds. The normalized spacial score (nSPS) is 11.0. The van der Waals surface area contributed by atoms with Gasteiger partial charge in [0.25, 0.3) is 0 Å². The second-order valence-corrected chi connectivity index (χ2v) is 6.21. The standard InChI is InChI=1S/C20H13N7O/c21-9-13-4-6-16(7-5-13)28-11-14-2-1-3-15(8-14)18-24-20-17-10-23-25-19(17)22-12-27(20)26-18/h1-8,10,12H,11H2,(H,23,25). The average molecular weight is 367 g/mol. The van der Waals surface area contributed by atoms with E-state index in [4.69, 9.17) is 10.00 Å². The number of aromatic nitrogens is 6. The van der Waals surface area contributed by atoms with Gasteiger partial charge in [0.1, 0.15) is 18.7 Å². The Balaban J connectivity index is 1.42. The smallest absolute Gasteiger partial charge is 0.182 e. The summed E-state index contributed by atoms with van der Waals surface area (Å²) in [5, 5.41) is 21.0. The van der Waals surface area contributed by atoms with Crippen molar-refractivity contribution >= 4 is 16.7 Å². The molecule has 28 heavy (non-hydrogen) atoms. The Kier molecular flexibility index (Phi) is 3.69. The molecule has 0 unspecified atom stereocenters. The lowest BCUT2D eigenvalue weighted by Crippen LogP contribution is -1.96. The number of ether oxygens (including phenoxy) is 1. The van der Waals surface area contributed by atoms with E-state index in [1.165, 1.54) is 0 Å². The highest BCUT2D eigenvalue weighted by Crippen LogP contribution is 2.21. The number of nitriles is 1. The topological polar surface area (TPSA) is 105 Å². The maximum Gasteiger partial charge on any atom is 0.182 e. The highest BCUT2D eigenvalue weighted by molar-refractivity contribution is 5.88. The molecule has 0 bridgehead atoms. The van der Waals surface area contributed by atoms with Crippen LogP contribution in [-0.2, 0) is 6.61 Å². The molecule has 0 atom stereocenters. The Morgan fingerprint density at radius 3 is 2.89 bits per heavy atom. The molecule has 3 heterocycles. The molecule has 1 N–H and O–H groups in total. The van der Waals surface area contributed by atoms with E-state index in [2.05, 4.69) is 31.3 Å². The van der Waals surface area contributed by atoms with Crippen molar-refractivity contribution in [2.24, 2.45) is 0 Å². The Hall–Kier alpha value is -4.25. The highest BCUT2D eigenvalue weighted by Gasteiger charge is 2.11. The summed E-state index contributed by atoms with van der Waals surface area (Å²) < 4.78 is 7.46. The van der Waals surface area contributed by atoms with Gasteiger partial charge >= 0.3 is 0 Å². The van der Waals surface area contributed by atoms with Crippen molar-refractivity contribution in [2.75, 3.05) is 0 Å². The van der Waals surface area contributed by atoms with E-state index in [0.29, 0.717) is 35.0 Å². The van der Waals surface area contributed by atoms with Crippen LogP contribution in [0, 0.1) is 11.3 Å². The predicted octanol–water partition coefficient (Wildman–Crippen LogP) is 3.12. The van der Waals surface area contributed by atoms with Gasteiger partial charge in [0.2, 0.25) is 0 Å². The van der Waals surface area contributed by atoms with Crippen molar-refractivity contribution in [2.45, 2.75) is 6.61 Å². The summed E-state index contributed by atoms with van der Waals surface area (Å²) >= 11 is 0. The van der Waals surface area contributed by atoms with Crippen LogP contribution in [-0.4, -0.2) is 29.8 Å². The number of nitrogens with zero attached hydrogens (tertiary/aromatic N) is 6. The first-order valence-electron chi connectivity index (χ1n) is 8.57. The van der Waals surface area contributed by atoms with E-state index >= 15 is 0 Å². The zero-order chi connectivity index (χ0) is 18.9. The van der Waals surface area contributed by atoms with E-state index in [9.17, 15) is 0 Å². The molecule has 8 heteroatoms. The van der Waals surface area contributed by atoms with Crippen molar-refractivity contribution in [3.8, 4) is 23.2 Å². The van der Waals surface area contributed by atoms with Gasteiger partial charge in [-0.2, -0.15) is 10.4 Å².